The summed E-state index contributed by atoms with van der Waals surface area (Å²) in [5.74, 6) is 0.807. The van der Waals surface area contributed by atoms with Crippen LogP contribution in [0.5, 0.6) is 5.75 Å². The van der Waals surface area contributed by atoms with Gasteiger partial charge in [-0.15, -0.1) is 0 Å². The second kappa shape index (κ2) is 10.4. The Labute approximate surface area is 174 Å². The fourth-order valence-electron chi connectivity index (χ4n) is 3.11. The summed E-state index contributed by atoms with van der Waals surface area (Å²) in [6.45, 7) is 0.522. The van der Waals surface area contributed by atoms with E-state index in [1.807, 2.05) is 42.5 Å². The Morgan fingerprint density at radius 3 is 2.78 bits per heavy atom. The van der Waals surface area contributed by atoms with E-state index in [0.717, 1.165) is 21.3 Å². The smallest absolute Gasteiger partial charge is 0.187 e. The van der Waals surface area contributed by atoms with Gasteiger partial charge in [-0.1, -0.05) is 59.5 Å². The largest absolute Gasteiger partial charge is 0.489 e. The average Bonchev–Trinajstić information content (AvgIpc) is 2.68. The third-order valence-corrected chi connectivity index (χ3v) is 5.18. The molecule has 0 aliphatic heterocycles. The molecule has 2 N–H and O–H groups in total. The van der Waals surface area contributed by atoms with Crippen LogP contribution in [-0.4, -0.2) is 17.4 Å². The van der Waals surface area contributed by atoms with E-state index >= 15 is 0 Å². The minimum Gasteiger partial charge on any atom is -0.489 e. The fraction of sp³-hybridized carbons (Fsp3) is 0.333. The van der Waals surface area contributed by atoms with Gasteiger partial charge in [-0.25, -0.2) is 0 Å². The lowest BCUT2D eigenvalue weighted by Crippen LogP contribution is -2.40. The molecular formula is C21H24BrN3OS. The molecule has 0 radical (unpaired) electrons. The number of hydrogen-bond acceptors (Lipinski definition) is 3. The zero-order chi connectivity index (χ0) is 18.9. The van der Waals surface area contributed by atoms with Crippen molar-refractivity contribution in [2.75, 3.05) is 0 Å². The minimum absolute atomic E-state index is 0.476. The number of nitrogens with zero attached hydrogens (tertiary/aromatic N) is 1. The SMILES string of the molecule is S=C(N/N=C\c1cccc(OCc2cccc(Br)c2)c1)NC1CCCCC1. The van der Waals surface area contributed by atoms with Crippen molar-refractivity contribution in [1.82, 2.24) is 10.7 Å². The Bertz CT molecular complexity index is 791. The molecule has 0 saturated heterocycles. The van der Waals surface area contributed by atoms with Gasteiger partial charge in [0.1, 0.15) is 12.4 Å². The molecule has 142 valence electrons. The van der Waals surface area contributed by atoms with E-state index in [2.05, 4.69) is 37.8 Å². The van der Waals surface area contributed by atoms with E-state index in [9.17, 15) is 0 Å². The summed E-state index contributed by atoms with van der Waals surface area (Å²) in [5, 5.41) is 8.16. The molecule has 0 spiro atoms. The molecule has 0 aromatic heterocycles. The van der Waals surface area contributed by atoms with Gasteiger partial charge in [-0.05, 0) is 60.5 Å². The van der Waals surface area contributed by atoms with Crippen LogP contribution < -0.4 is 15.5 Å². The van der Waals surface area contributed by atoms with Crippen molar-refractivity contribution in [1.29, 1.82) is 0 Å². The highest BCUT2D eigenvalue weighted by Crippen LogP contribution is 2.18. The number of hydrogen-bond donors (Lipinski definition) is 2. The molecule has 1 aliphatic rings. The number of thiocarbonyl (C=S) groups is 1. The van der Waals surface area contributed by atoms with Gasteiger partial charge < -0.3 is 10.1 Å². The number of rotatable bonds is 6. The van der Waals surface area contributed by atoms with Crippen molar-refractivity contribution in [2.45, 2.75) is 44.8 Å². The topological polar surface area (TPSA) is 45.7 Å². The Balaban J connectivity index is 1.47. The van der Waals surface area contributed by atoms with Crippen LogP contribution in [0.1, 0.15) is 43.2 Å². The van der Waals surface area contributed by atoms with Crippen molar-refractivity contribution >= 4 is 39.5 Å². The quantitative estimate of drug-likeness (QED) is 0.366. The van der Waals surface area contributed by atoms with E-state index in [4.69, 9.17) is 17.0 Å². The average molecular weight is 446 g/mol. The molecule has 0 unspecified atom stereocenters. The Morgan fingerprint density at radius 1 is 1.15 bits per heavy atom. The van der Waals surface area contributed by atoms with Gasteiger partial charge in [-0.2, -0.15) is 5.10 Å². The molecule has 2 aromatic carbocycles. The summed E-state index contributed by atoms with van der Waals surface area (Å²) in [4.78, 5) is 0. The molecule has 2 aromatic rings. The molecule has 6 heteroatoms. The minimum atomic E-state index is 0.476. The monoisotopic (exact) mass is 445 g/mol. The molecule has 1 saturated carbocycles. The zero-order valence-corrected chi connectivity index (χ0v) is 17.6. The molecule has 0 bridgehead atoms. The predicted molar refractivity (Wildman–Crippen MR) is 118 cm³/mol. The van der Waals surface area contributed by atoms with Crippen LogP contribution >= 0.6 is 28.1 Å². The number of benzene rings is 2. The highest BCUT2D eigenvalue weighted by Gasteiger charge is 2.13. The van der Waals surface area contributed by atoms with Crippen LogP contribution in [-0.2, 0) is 6.61 Å². The van der Waals surface area contributed by atoms with Gasteiger partial charge in [0.2, 0.25) is 0 Å². The van der Waals surface area contributed by atoms with Crippen LogP contribution in [0.4, 0.5) is 0 Å². The van der Waals surface area contributed by atoms with E-state index in [-0.39, 0.29) is 0 Å². The standard InChI is InChI=1S/C21H24BrN3OS/c22-18-8-4-7-17(12-18)15-26-20-11-5-6-16(13-20)14-23-25-21(27)24-19-9-2-1-3-10-19/h4-8,11-14,19H,1-3,9-10,15H2,(H2,24,25,27)/b23-14-. The molecule has 0 atom stereocenters. The lowest BCUT2D eigenvalue weighted by Gasteiger charge is -2.23. The van der Waals surface area contributed by atoms with Crippen molar-refractivity contribution in [3.8, 4) is 5.75 Å². The third-order valence-electron chi connectivity index (χ3n) is 4.47. The Hall–Kier alpha value is -1.92. The van der Waals surface area contributed by atoms with Gasteiger partial charge in [0, 0.05) is 10.5 Å². The lowest BCUT2D eigenvalue weighted by molar-refractivity contribution is 0.306. The van der Waals surface area contributed by atoms with Gasteiger partial charge >= 0.3 is 0 Å². The summed E-state index contributed by atoms with van der Waals surface area (Å²) in [6.07, 6.45) is 8.00. The first-order valence-corrected chi connectivity index (χ1v) is 10.5. The maximum Gasteiger partial charge on any atom is 0.187 e. The maximum atomic E-state index is 5.87. The van der Waals surface area contributed by atoms with Crippen molar-refractivity contribution in [3.05, 3.63) is 64.1 Å². The fourth-order valence-corrected chi connectivity index (χ4v) is 3.77. The summed E-state index contributed by atoms with van der Waals surface area (Å²) in [5.41, 5.74) is 4.97. The Morgan fingerprint density at radius 2 is 1.96 bits per heavy atom. The predicted octanol–water partition coefficient (Wildman–Crippen LogP) is 5.16. The van der Waals surface area contributed by atoms with E-state index < -0.39 is 0 Å². The number of hydrazone groups is 1. The summed E-state index contributed by atoms with van der Waals surface area (Å²) in [7, 11) is 0. The van der Waals surface area contributed by atoms with Crippen LogP contribution in [0, 0.1) is 0 Å². The first kappa shape index (κ1) is 19.8. The number of nitrogens with one attached hydrogen (secondary N) is 2. The molecule has 0 heterocycles. The van der Waals surface area contributed by atoms with Gasteiger partial charge in [0.05, 0.1) is 6.21 Å². The third kappa shape index (κ3) is 6.96. The summed E-state index contributed by atoms with van der Waals surface area (Å²) < 4.78 is 6.92. The second-order valence-electron chi connectivity index (χ2n) is 6.67. The molecule has 27 heavy (non-hydrogen) atoms. The first-order chi connectivity index (χ1) is 13.2. The van der Waals surface area contributed by atoms with Crippen LogP contribution in [0.25, 0.3) is 0 Å². The Kier molecular flexibility index (Phi) is 7.66. The molecule has 1 fully saturated rings. The highest BCUT2D eigenvalue weighted by atomic mass is 79.9. The van der Waals surface area contributed by atoms with Crippen molar-refractivity contribution in [3.63, 3.8) is 0 Å². The highest BCUT2D eigenvalue weighted by molar-refractivity contribution is 9.10. The number of halogens is 1. The first-order valence-electron chi connectivity index (χ1n) is 9.26. The lowest BCUT2D eigenvalue weighted by atomic mass is 9.96. The molecule has 3 rings (SSSR count). The van der Waals surface area contributed by atoms with Gasteiger partial charge in [0.25, 0.3) is 0 Å². The van der Waals surface area contributed by atoms with Gasteiger partial charge in [-0.3, -0.25) is 5.43 Å². The van der Waals surface area contributed by atoms with E-state index in [0.29, 0.717) is 17.8 Å². The molecular weight excluding hydrogens is 422 g/mol. The molecule has 4 nitrogen and oxygen atoms in total. The van der Waals surface area contributed by atoms with Crippen molar-refractivity contribution in [2.24, 2.45) is 5.10 Å². The zero-order valence-electron chi connectivity index (χ0n) is 15.2. The van der Waals surface area contributed by atoms with E-state index in [1.165, 1.54) is 32.1 Å². The summed E-state index contributed by atoms with van der Waals surface area (Å²) >= 11 is 8.79. The summed E-state index contributed by atoms with van der Waals surface area (Å²) in [6, 6.07) is 16.4. The van der Waals surface area contributed by atoms with Gasteiger partial charge in [0.15, 0.2) is 5.11 Å². The van der Waals surface area contributed by atoms with Crippen molar-refractivity contribution < 1.29 is 4.74 Å². The maximum absolute atomic E-state index is 5.87. The molecule has 0 amide bonds. The van der Waals surface area contributed by atoms with Crippen LogP contribution in [0.3, 0.4) is 0 Å². The number of ether oxygens (including phenoxy) is 1. The molecule has 1 aliphatic carbocycles. The second-order valence-corrected chi connectivity index (χ2v) is 7.99. The van der Waals surface area contributed by atoms with Crippen LogP contribution in [0.2, 0.25) is 0 Å². The van der Waals surface area contributed by atoms with E-state index in [1.54, 1.807) is 6.21 Å². The normalized spacial score (nSPS) is 14.9. The van der Waals surface area contributed by atoms with Crippen LogP contribution in [0.15, 0.2) is 58.1 Å².